The molecule has 2 heterocycles. The minimum absolute atomic E-state index is 0.0326. The van der Waals surface area contributed by atoms with Gasteiger partial charge in [0.15, 0.2) is 0 Å². The van der Waals surface area contributed by atoms with Crippen molar-refractivity contribution in [3.05, 3.63) is 83.8 Å². The van der Waals surface area contributed by atoms with Crippen molar-refractivity contribution in [2.45, 2.75) is 31.6 Å². The van der Waals surface area contributed by atoms with Crippen LogP contribution in [0.4, 0.5) is 0 Å². The van der Waals surface area contributed by atoms with Crippen LogP contribution in [0, 0.1) is 0 Å². The predicted molar refractivity (Wildman–Crippen MR) is 113 cm³/mol. The SMILES string of the molecule is O=C(CN1CCC[C@@H]1C(=O)NC(=O)c1ccccc1)C1=COC(Cc2ccccc2)O1. The summed E-state index contributed by atoms with van der Waals surface area (Å²) in [6.07, 6.45) is 2.71. The number of benzene rings is 2. The number of carbonyl (C=O) groups excluding carboxylic acids is 3. The average Bonchev–Trinajstić information content (AvgIpc) is 3.45. The molecule has 2 amide bonds. The van der Waals surface area contributed by atoms with Gasteiger partial charge in [-0.25, -0.2) is 0 Å². The molecule has 1 unspecified atom stereocenters. The van der Waals surface area contributed by atoms with Crippen LogP contribution in [-0.2, 0) is 25.5 Å². The summed E-state index contributed by atoms with van der Waals surface area (Å²) in [5.74, 6) is -0.918. The Bertz CT molecular complexity index is 974. The third-order valence-electron chi connectivity index (χ3n) is 5.39. The zero-order valence-corrected chi connectivity index (χ0v) is 17.0. The number of nitrogens with zero attached hydrogens (tertiary/aromatic N) is 1. The third kappa shape index (κ3) is 5.19. The van der Waals surface area contributed by atoms with E-state index in [1.54, 1.807) is 35.2 Å². The number of hydrogen-bond donors (Lipinski definition) is 1. The number of hydrogen-bond acceptors (Lipinski definition) is 6. The molecule has 0 spiro atoms. The number of imide groups is 1. The fourth-order valence-electron chi connectivity index (χ4n) is 3.79. The first-order chi connectivity index (χ1) is 15.1. The zero-order chi connectivity index (χ0) is 21.6. The molecule has 0 aromatic heterocycles. The summed E-state index contributed by atoms with van der Waals surface area (Å²) in [7, 11) is 0. The van der Waals surface area contributed by atoms with Crippen LogP contribution >= 0.6 is 0 Å². The molecule has 0 radical (unpaired) electrons. The molecule has 2 aliphatic heterocycles. The van der Waals surface area contributed by atoms with Gasteiger partial charge < -0.3 is 9.47 Å². The van der Waals surface area contributed by atoms with Crippen molar-refractivity contribution in [2.24, 2.45) is 0 Å². The van der Waals surface area contributed by atoms with Crippen LogP contribution in [0.2, 0.25) is 0 Å². The van der Waals surface area contributed by atoms with Crippen LogP contribution in [0.1, 0.15) is 28.8 Å². The van der Waals surface area contributed by atoms with Gasteiger partial charge in [0, 0.05) is 12.0 Å². The molecule has 1 fully saturated rings. The lowest BCUT2D eigenvalue weighted by Gasteiger charge is -2.22. The zero-order valence-electron chi connectivity index (χ0n) is 17.0. The molecule has 0 bridgehead atoms. The highest BCUT2D eigenvalue weighted by Crippen LogP contribution is 2.22. The molecule has 2 atom stereocenters. The lowest BCUT2D eigenvalue weighted by Crippen LogP contribution is -2.47. The maximum Gasteiger partial charge on any atom is 0.257 e. The molecule has 2 aromatic rings. The Morgan fingerprint density at radius 2 is 1.71 bits per heavy atom. The summed E-state index contributed by atoms with van der Waals surface area (Å²) in [6.45, 7) is 0.635. The number of amides is 2. The van der Waals surface area contributed by atoms with Crippen LogP contribution in [-0.4, -0.2) is 47.9 Å². The first-order valence-corrected chi connectivity index (χ1v) is 10.3. The second-order valence-electron chi connectivity index (χ2n) is 7.59. The van der Waals surface area contributed by atoms with Gasteiger partial charge in [0.1, 0.15) is 6.26 Å². The van der Waals surface area contributed by atoms with Gasteiger partial charge in [0.05, 0.1) is 12.6 Å². The van der Waals surface area contributed by atoms with Crippen molar-refractivity contribution < 1.29 is 23.9 Å². The molecule has 1 N–H and O–H groups in total. The summed E-state index contributed by atoms with van der Waals surface area (Å²) in [5, 5.41) is 2.44. The first-order valence-electron chi connectivity index (χ1n) is 10.3. The van der Waals surface area contributed by atoms with Gasteiger partial charge in [-0.3, -0.25) is 24.6 Å². The van der Waals surface area contributed by atoms with Gasteiger partial charge in [0.25, 0.3) is 5.91 Å². The van der Waals surface area contributed by atoms with Crippen molar-refractivity contribution in [1.29, 1.82) is 0 Å². The normalized spacial score (nSPS) is 20.5. The summed E-state index contributed by atoms with van der Waals surface area (Å²) in [4.78, 5) is 39.4. The van der Waals surface area contributed by atoms with Gasteiger partial charge in [-0.1, -0.05) is 48.5 Å². The molecule has 0 saturated carbocycles. The van der Waals surface area contributed by atoms with Crippen molar-refractivity contribution >= 4 is 17.6 Å². The fraction of sp³-hybridized carbons (Fsp3) is 0.292. The smallest absolute Gasteiger partial charge is 0.257 e. The van der Waals surface area contributed by atoms with Gasteiger partial charge in [-0.15, -0.1) is 0 Å². The molecule has 1 saturated heterocycles. The fourth-order valence-corrected chi connectivity index (χ4v) is 3.79. The Balaban J connectivity index is 1.29. The topological polar surface area (TPSA) is 84.9 Å². The third-order valence-corrected chi connectivity index (χ3v) is 5.39. The second kappa shape index (κ2) is 9.57. The van der Waals surface area contributed by atoms with Gasteiger partial charge in [-0.05, 0) is 37.1 Å². The summed E-state index contributed by atoms with van der Waals surface area (Å²) in [6, 6.07) is 17.8. The Morgan fingerprint density at radius 3 is 2.45 bits per heavy atom. The standard InChI is InChI=1S/C24H24N2O5/c27-20(21-16-30-22(31-21)14-17-8-3-1-4-9-17)15-26-13-7-12-19(26)24(29)25-23(28)18-10-5-2-6-11-18/h1-6,8-11,16,19,22H,7,12-15H2,(H,25,28,29)/t19-,22?/m1/s1. The van der Waals surface area contributed by atoms with Gasteiger partial charge in [0.2, 0.25) is 23.7 Å². The maximum absolute atomic E-state index is 12.7. The highest BCUT2D eigenvalue weighted by Gasteiger charge is 2.35. The number of rotatable bonds is 7. The first kappa shape index (κ1) is 20.8. The molecule has 4 rings (SSSR count). The number of nitrogens with one attached hydrogen (secondary N) is 1. The van der Waals surface area contributed by atoms with Crippen LogP contribution in [0.3, 0.4) is 0 Å². The largest absolute Gasteiger partial charge is 0.458 e. The molecule has 2 aliphatic rings. The minimum Gasteiger partial charge on any atom is -0.458 e. The van der Waals surface area contributed by atoms with E-state index in [0.29, 0.717) is 24.9 Å². The molecule has 2 aromatic carbocycles. The van der Waals surface area contributed by atoms with Crippen molar-refractivity contribution in [3.8, 4) is 0 Å². The molecular weight excluding hydrogens is 396 g/mol. The van der Waals surface area contributed by atoms with Crippen LogP contribution in [0.15, 0.2) is 72.7 Å². The van der Waals surface area contributed by atoms with E-state index in [-0.39, 0.29) is 18.1 Å². The molecule has 7 nitrogen and oxygen atoms in total. The average molecular weight is 420 g/mol. The van der Waals surface area contributed by atoms with Crippen molar-refractivity contribution in [3.63, 3.8) is 0 Å². The van der Waals surface area contributed by atoms with Crippen LogP contribution in [0.5, 0.6) is 0 Å². The number of ether oxygens (including phenoxy) is 2. The van der Waals surface area contributed by atoms with E-state index < -0.39 is 24.1 Å². The summed E-state index contributed by atoms with van der Waals surface area (Å²) in [5.41, 5.74) is 1.47. The molecule has 7 heteroatoms. The Labute approximate surface area is 180 Å². The molecule has 31 heavy (non-hydrogen) atoms. The molecule has 0 aliphatic carbocycles. The van der Waals surface area contributed by atoms with E-state index in [9.17, 15) is 14.4 Å². The number of carbonyl (C=O) groups is 3. The van der Waals surface area contributed by atoms with E-state index in [2.05, 4.69) is 5.32 Å². The predicted octanol–water partition coefficient (Wildman–Crippen LogP) is 2.43. The monoisotopic (exact) mass is 420 g/mol. The molecular formula is C24H24N2O5. The van der Waals surface area contributed by atoms with Gasteiger partial charge in [-0.2, -0.15) is 0 Å². The minimum atomic E-state index is -0.539. The number of likely N-dealkylation sites (tertiary alicyclic amines) is 1. The van der Waals surface area contributed by atoms with E-state index in [4.69, 9.17) is 9.47 Å². The highest BCUT2D eigenvalue weighted by molar-refractivity contribution is 6.06. The summed E-state index contributed by atoms with van der Waals surface area (Å²) < 4.78 is 11.1. The molecule has 160 valence electrons. The lowest BCUT2D eigenvalue weighted by atomic mass is 10.1. The maximum atomic E-state index is 12.7. The lowest BCUT2D eigenvalue weighted by molar-refractivity contribution is -0.127. The van der Waals surface area contributed by atoms with Crippen molar-refractivity contribution in [2.75, 3.05) is 13.1 Å². The van der Waals surface area contributed by atoms with Gasteiger partial charge >= 0.3 is 0 Å². The Hall–Kier alpha value is -3.45. The van der Waals surface area contributed by atoms with E-state index in [0.717, 1.165) is 12.0 Å². The van der Waals surface area contributed by atoms with Crippen molar-refractivity contribution in [1.82, 2.24) is 10.2 Å². The number of ketones is 1. The number of Topliss-reactive ketones (excluding diaryl/α,β-unsaturated/α-hetero) is 1. The van der Waals surface area contributed by atoms with Crippen LogP contribution < -0.4 is 5.32 Å². The second-order valence-corrected chi connectivity index (χ2v) is 7.59. The summed E-state index contributed by atoms with van der Waals surface area (Å²) >= 11 is 0. The van der Waals surface area contributed by atoms with E-state index in [1.807, 2.05) is 30.3 Å². The Morgan fingerprint density at radius 1 is 1.00 bits per heavy atom. The van der Waals surface area contributed by atoms with E-state index in [1.165, 1.54) is 6.26 Å². The highest BCUT2D eigenvalue weighted by atomic mass is 16.7. The Kier molecular flexibility index (Phi) is 6.43. The van der Waals surface area contributed by atoms with E-state index >= 15 is 0 Å². The van der Waals surface area contributed by atoms with Crippen LogP contribution in [0.25, 0.3) is 0 Å². The quantitative estimate of drug-likeness (QED) is 0.693.